The lowest BCUT2D eigenvalue weighted by molar-refractivity contribution is -0.113. The number of fused-ring (bicyclic) bond motifs is 1. The minimum atomic E-state index is -0.183. The summed E-state index contributed by atoms with van der Waals surface area (Å²) < 4.78 is 0. The van der Waals surface area contributed by atoms with E-state index in [1.165, 1.54) is 28.0 Å². The highest BCUT2D eigenvalue weighted by atomic mass is 32.2. The number of nitrogens with one attached hydrogen (secondary N) is 1. The van der Waals surface area contributed by atoms with Crippen molar-refractivity contribution < 1.29 is 4.79 Å². The minimum Gasteiger partial charge on any atom is -0.316 e. The second-order valence-corrected chi connectivity index (χ2v) is 8.53. The Labute approximate surface area is 167 Å². The third kappa shape index (κ3) is 3.71. The number of aryl methyl sites for hydroxylation is 2. The molecule has 1 aliphatic carbocycles. The van der Waals surface area contributed by atoms with Crippen LogP contribution < -0.4 is 5.32 Å². The normalized spacial score (nSPS) is 12.3. The average Bonchev–Trinajstić information content (AvgIpc) is 3.20. The van der Waals surface area contributed by atoms with Crippen LogP contribution in [0.25, 0.3) is 0 Å². The molecule has 0 unspecified atom stereocenters. The van der Waals surface area contributed by atoms with Crippen LogP contribution in [0.3, 0.4) is 0 Å². The smallest absolute Gasteiger partial charge is 0.235 e. The zero-order chi connectivity index (χ0) is 19.6. The molecule has 1 N–H and O–H groups in total. The number of anilines is 1. The number of carbonyl (C=O) groups is 1. The molecule has 0 saturated heterocycles. The quantitative estimate of drug-likeness (QED) is 0.762. The fourth-order valence-electron chi connectivity index (χ4n) is 3.52. The third-order valence-corrected chi connectivity index (χ3v) is 7.02. The lowest BCUT2D eigenvalue weighted by Gasteiger charge is -2.12. The summed E-state index contributed by atoms with van der Waals surface area (Å²) >= 11 is 2.78. The maximum Gasteiger partial charge on any atom is 0.235 e. The van der Waals surface area contributed by atoms with E-state index in [0.717, 1.165) is 48.1 Å². The van der Waals surface area contributed by atoms with E-state index in [2.05, 4.69) is 22.4 Å². The van der Waals surface area contributed by atoms with Crippen LogP contribution in [-0.4, -0.2) is 16.6 Å². The van der Waals surface area contributed by atoms with Gasteiger partial charge in [0.15, 0.2) is 0 Å². The molecule has 0 atom stereocenters. The summed E-state index contributed by atoms with van der Waals surface area (Å²) in [5.41, 5.74) is 5.19. The average molecular weight is 397 g/mol. The maximum absolute atomic E-state index is 12.4. The van der Waals surface area contributed by atoms with Gasteiger partial charge in [0.1, 0.15) is 22.2 Å². The van der Waals surface area contributed by atoms with Crippen LogP contribution in [-0.2, 0) is 24.1 Å². The Morgan fingerprint density at radius 3 is 2.67 bits per heavy atom. The van der Waals surface area contributed by atoms with Gasteiger partial charge in [-0.15, -0.1) is 11.3 Å². The first kappa shape index (κ1) is 19.4. The third-order valence-electron chi connectivity index (χ3n) is 4.84. The summed E-state index contributed by atoms with van der Waals surface area (Å²) in [7, 11) is 0. The van der Waals surface area contributed by atoms with Gasteiger partial charge in [-0.2, -0.15) is 10.5 Å². The molecule has 27 heavy (non-hydrogen) atoms. The van der Waals surface area contributed by atoms with E-state index in [1.807, 2.05) is 20.8 Å². The van der Waals surface area contributed by atoms with Gasteiger partial charge < -0.3 is 5.32 Å². The monoisotopic (exact) mass is 396 g/mol. The van der Waals surface area contributed by atoms with E-state index in [0.29, 0.717) is 21.2 Å². The van der Waals surface area contributed by atoms with Crippen LogP contribution in [0.5, 0.6) is 0 Å². The number of pyridine rings is 1. The first-order valence-electron chi connectivity index (χ1n) is 8.87. The zero-order valence-corrected chi connectivity index (χ0v) is 17.2. The highest BCUT2D eigenvalue weighted by molar-refractivity contribution is 8.00. The molecule has 0 bridgehead atoms. The van der Waals surface area contributed by atoms with Crippen molar-refractivity contribution in [3.05, 3.63) is 38.4 Å². The van der Waals surface area contributed by atoms with Crippen molar-refractivity contribution in [2.45, 2.75) is 51.5 Å². The van der Waals surface area contributed by atoms with Crippen LogP contribution in [0.1, 0.15) is 51.7 Å². The second kappa shape index (κ2) is 8.12. The SMILES string of the molecule is CCc1c(C)nc(SCC(=O)Nc2sc3c(c2C#N)CCC3)c(C#N)c1C. The van der Waals surface area contributed by atoms with Crippen molar-refractivity contribution >= 4 is 34.0 Å². The van der Waals surface area contributed by atoms with Crippen LogP contribution in [0.15, 0.2) is 5.03 Å². The fraction of sp³-hybridized carbons (Fsp3) is 0.400. The second-order valence-electron chi connectivity index (χ2n) is 6.46. The molecule has 2 aromatic heterocycles. The Morgan fingerprint density at radius 1 is 1.26 bits per heavy atom. The summed E-state index contributed by atoms with van der Waals surface area (Å²) in [5.74, 6) is -0.0311. The molecule has 1 aliphatic rings. The van der Waals surface area contributed by atoms with Crippen molar-refractivity contribution in [1.82, 2.24) is 4.98 Å². The molecule has 3 rings (SSSR count). The highest BCUT2D eigenvalue weighted by Crippen LogP contribution is 2.38. The summed E-state index contributed by atoms with van der Waals surface area (Å²) in [5, 5.41) is 23.0. The van der Waals surface area contributed by atoms with Gasteiger partial charge in [0.2, 0.25) is 5.91 Å². The van der Waals surface area contributed by atoms with Gasteiger partial charge in [-0.25, -0.2) is 4.98 Å². The number of amides is 1. The van der Waals surface area contributed by atoms with Gasteiger partial charge in [0.25, 0.3) is 0 Å². The van der Waals surface area contributed by atoms with E-state index in [9.17, 15) is 15.3 Å². The van der Waals surface area contributed by atoms with Gasteiger partial charge >= 0.3 is 0 Å². The number of thioether (sulfide) groups is 1. The number of rotatable bonds is 5. The van der Waals surface area contributed by atoms with E-state index in [1.54, 1.807) is 0 Å². The van der Waals surface area contributed by atoms with Crippen molar-refractivity contribution in [3.8, 4) is 12.1 Å². The molecule has 2 aromatic rings. The number of hydrogen-bond acceptors (Lipinski definition) is 6. The fourth-order valence-corrected chi connectivity index (χ4v) is 5.66. The Balaban J connectivity index is 1.74. The first-order chi connectivity index (χ1) is 13.0. The number of hydrogen-bond donors (Lipinski definition) is 1. The standard InChI is InChI=1S/C20H20N4OS2/c1-4-13-11(2)15(8-21)19(23-12(13)3)26-10-18(25)24-20-16(9-22)14-6-5-7-17(14)27-20/h4-7,10H2,1-3H3,(H,24,25). The number of carbonyl (C=O) groups excluding carboxylic acids is 1. The molecule has 0 spiro atoms. The van der Waals surface area contributed by atoms with Gasteiger partial charge in [-0.05, 0) is 56.2 Å². The highest BCUT2D eigenvalue weighted by Gasteiger charge is 2.23. The molecule has 7 heteroatoms. The van der Waals surface area contributed by atoms with Crippen LogP contribution in [0.4, 0.5) is 5.00 Å². The van der Waals surface area contributed by atoms with E-state index in [-0.39, 0.29) is 11.7 Å². The topological polar surface area (TPSA) is 89.6 Å². The van der Waals surface area contributed by atoms with Crippen molar-refractivity contribution in [3.63, 3.8) is 0 Å². The van der Waals surface area contributed by atoms with E-state index >= 15 is 0 Å². The van der Waals surface area contributed by atoms with Crippen molar-refractivity contribution in [2.24, 2.45) is 0 Å². The number of nitriles is 2. The molecular formula is C20H20N4OS2. The summed E-state index contributed by atoms with van der Waals surface area (Å²) in [4.78, 5) is 18.2. The first-order valence-corrected chi connectivity index (χ1v) is 10.7. The van der Waals surface area contributed by atoms with Crippen LogP contribution in [0.2, 0.25) is 0 Å². The number of thiophene rings is 1. The van der Waals surface area contributed by atoms with Gasteiger partial charge in [0, 0.05) is 10.6 Å². The molecule has 1 amide bonds. The van der Waals surface area contributed by atoms with Gasteiger partial charge in [0.05, 0.1) is 16.9 Å². The Hall–Kier alpha value is -2.35. The molecule has 5 nitrogen and oxygen atoms in total. The molecule has 0 saturated carbocycles. The summed E-state index contributed by atoms with van der Waals surface area (Å²) in [6, 6.07) is 4.46. The van der Waals surface area contributed by atoms with Gasteiger partial charge in [-0.3, -0.25) is 4.79 Å². The molecule has 0 aliphatic heterocycles. The Bertz CT molecular complexity index is 995. The van der Waals surface area contributed by atoms with Crippen LogP contribution in [0, 0.1) is 36.5 Å². The molecule has 2 heterocycles. The van der Waals surface area contributed by atoms with Gasteiger partial charge in [-0.1, -0.05) is 18.7 Å². The molecule has 0 fully saturated rings. The summed E-state index contributed by atoms with van der Waals surface area (Å²) in [6.45, 7) is 5.91. The van der Waals surface area contributed by atoms with Crippen molar-refractivity contribution in [1.29, 1.82) is 10.5 Å². The minimum absolute atomic E-state index is 0.152. The molecule has 0 aromatic carbocycles. The van der Waals surface area contributed by atoms with E-state index < -0.39 is 0 Å². The molecule has 0 radical (unpaired) electrons. The summed E-state index contributed by atoms with van der Waals surface area (Å²) in [6.07, 6.45) is 3.80. The maximum atomic E-state index is 12.4. The van der Waals surface area contributed by atoms with Crippen molar-refractivity contribution in [2.75, 3.05) is 11.1 Å². The predicted molar refractivity (Wildman–Crippen MR) is 108 cm³/mol. The number of nitrogens with zero attached hydrogens (tertiary/aromatic N) is 3. The zero-order valence-electron chi connectivity index (χ0n) is 15.6. The molecular weight excluding hydrogens is 376 g/mol. The lowest BCUT2D eigenvalue weighted by Crippen LogP contribution is -2.14. The Morgan fingerprint density at radius 2 is 2.00 bits per heavy atom. The lowest BCUT2D eigenvalue weighted by atomic mass is 10.0. The number of aromatic nitrogens is 1. The predicted octanol–water partition coefficient (Wildman–Crippen LogP) is 4.29. The Kier molecular flexibility index (Phi) is 5.84. The van der Waals surface area contributed by atoms with Crippen LogP contribution >= 0.6 is 23.1 Å². The molecule has 138 valence electrons. The van der Waals surface area contributed by atoms with E-state index in [4.69, 9.17) is 0 Å². The largest absolute Gasteiger partial charge is 0.316 e.